The smallest absolute Gasteiger partial charge is 0.274 e. The number of fused-ring (bicyclic) bond motifs is 1. The normalized spacial score (nSPS) is 22.4. The van der Waals surface area contributed by atoms with Crippen LogP contribution in [-0.2, 0) is 19.0 Å². The molecule has 0 bridgehead atoms. The molecule has 2 aliphatic carbocycles. The van der Waals surface area contributed by atoms with E-state index in [-0.39, 0.29) is 28.1 Å². The number of rotatable bonds is 7. The number of aryl methyl sites for hydroxylation is 1. The molecule has 4 aromatic heterocycles. The molecule has 4 aromatic rings. The van der Waals surface area contributed by atoms with Crippen LogP contribution in [0.2, 0.25) is 0 Å². The molecule has 4 heterocycles. The van der Waals surface area contributed by atoms with Crippen LogP contribution in [0.1, 0.15) is 73.4 Å². The average Bonchev–Trinajstić information content (AvgIpc) is 3.44. The van der Waals surface area contributed by atoms with Crippen LogP contribution in [0.5, 0.6) is 0 Å². The largest absolute Gasteiger partial charge is 0.320 e. The molecule has 0 saturated heterocycles. The zero-order valence-electron chi connectivity index (χ0n) is 21.3. The molecule has 0 atom stereocenters. The highest BCUT2D eigenvalue weighted by Gasteiger charge is 2.48. The van der Waals surface area contributed by atoms with Crippen LogP contribution >= 0.6 is 0 Å². The number of anilines is 1. The fraction of sp³-hybridized carbons (Fsp3) is 0.444. The minimum Gasteiger partial charge on any atom is -0.320 e. The maximum Gasteiger partial charge on any atom is 0.274 e. The molecule has 0 unspecified atom stereocenters. The fourth-order valence-electron chi connectivity index (χ4n) is 5.94. The van der Waals surface area contributed by atoms with Gasteiger partial charge in [0.05, 0.1) is 23.5 Å². The third-order valence-electron chi connectivity index (χ3n) is 8.12. The Balaban J connectivity index is 1.29. The van der Waals surface area contributed by atoms with Crippen molar-refractivity contribution in [3.63, 3.8) is 0 Å². The number of amides is 1. The van der Waals surface area contributed by atoms with Crippen LogP contribution < -0.4 is 10.6 Å². The van der Waals surface area contributed by atoms with Crippen molar-refractivity contribution in [2.24, 2.45) is 13.0 Å². The summed E-state index contributed by atoms with van der Waals surface area (Å²) in [5.41, 5.74) is 2.73. The number of carbonyl (C=O) groups is 1. The molecule has 0 radical (unpaired) electrons. The van der Waals surface area contributed by atoms with Gasteiger partial charge in [0.2, 0.25) is 0 Å². The van der Waals surface area contributed by atoms with E-state index in [1.165, 1.54) is 10.9 Å². The van der Waals surface area contributed by atoms with Gasteiger partial charge in [0, 0.05) is 25.3 Å². The van der Waals surface area contributed by atoms with Crippen LogP contribution in [0, 0.1) is 11.7 Å². The molecule has 37 heavy (non-hydrogen) atoms. The lowest BCUT2D eigenvalue weighted by atomic mass is 9.59. The highest BCUT2D eigenvalue weighted by Crippen LogP contribution is 2.51. The van der Waals surface area contributed by atoms with Gasteiger partial charge >= 0.3 is 0 Å². The van der Waals surface area contributed by atoms with E-state index in [0.717, 1.165) is 48.8 Å². The highest BCUT2D eigenvalue weighted by atomic mass is 19.1. The lowest BCUT2D eigenvalue weighted by Crippen LogP contribution is -2.47. The molecule has 2 saturated carbocycles. The monoisotopic (exact) mass is 502 g/mol. The molecule has 2 N–H and O–H groups in total. The Morgan fingerprint density at radius 2 is 2.00 bits per heavy atom. The minimum absolute atomic E-state index is 0.0944. The average molecular weight is 503 g/mol. The second kappa shape index (κ2) is 8.72. The second-order valence-corrected chi connectivity index (χ2v) is 11.1. The zero-order chi connectivity index (χ0) is 25.8. The summed E-state index contributed by atoms with van der Waals surface area (Å²) in [6.45, 7) is 4.96. The van der Waals surface area contributed by atoms with Gasteiger partial charge in [-0.2, -0.15) is 5.10 Å². The SMILES string of the molecule is CC1CC(c2cncc(NC(=O)c3cc(CNC4(C)CCC4)cc4c(F)cnn34)c2)(c2nncn2C)C1. The zero-order valence-corrected chi connectivity index (χ0v) is 21.3. The summed E-state index contributed by atoms with van der Waals surface area (Å²) in [5.74, 6) is 0.610. The summed E-state index contributed by atoms with van der Waals surface area (Å²) in [6.07, 6.45) is 11.6. The number of pyridine rings is 2. The predicted octanol–water partition coefficient (Wildman–Crippen LogP) is 4.00. The Labute approximate surface area is 214 Å². The topological polar surface area (TPSA) is 102 Å². The van der Waals surface area contributed by atoms with Crippen molar-refractivity contribution < 1.29 is 9.18 Å². The first kappa shape index (κ1) is 23.7. The quantitative estimate of drug-likeness (QED) is 0.396. The summed E-state index contributed by atoms with van der Waals surface area (Å²) in [7, 11) is 1.95. The van der Waals surface area contributed by atoms with E-state index < -0.39 is 5.82 Å². The van der Waals surface area contributed by atoms with Gasteiger partial charge < -0.3 is 15.2 Å². The highest BCUT2D eigenvalue weighted by molar-refractivity contribution is 6.03. The molecule has 10 heteroatoms. The van der Waals surface area contributed by atoms with E-state index in [1.807, 2.05) is 23.9 Å². The molecule has 2 aliphatic rings. The van der Waals surface area contributed by atoms with Gasteiger partial charge in [0.25, 0.3) is 5.91 Å². The predicted molar refractivity (Wildman–Crippen MR) is 137 cm³/mol. The Morgan fingerprint density at radius 3 is 2.68 bits per heavy atom. The van der Waals surface area contributed by atoms with Gasteiger partial charge in [-0.15, -0.1) is 10.2 Å². The standard InChI is InChI=1S/C27H31FN8O/c1-17-10-27(11-17,25-34-31-16-35(25)3)19-9-20(14-29-13-19)33-24(37)23-8-18(12-30-26(2)5-4-6-26)7-22-21(28)15-32-36(22)23/h7-9,13-17,30H,4-6,10-12H2,1-3H3,(H,33,37). The van der Waals surface area contributed by atoms with E-state index in [2.05, 4.69) is 44.8 Å². The summed E-state index contributed by atoms with van der Waals surface area (Å²) >= 11 is 0. The van der Waals surface area contributed by atoms with Crippen LogP contribution in [0.4, 0.5) is 10.1 Å². The minimum atomic E-state index is -0.459. The summed E-state index contributed by atoms with van der Waals surface area (Å²) < 4.78 is 17.8. The summed E-state index contributed by atoms with van der Waals surface area (Å²) in [4.78, 5) is 17.9. The lowest BCUT2D eigenvalue weighted by molar-refractivity contribution is 0.101. The van der Waals surface area contributed by atoms with Crippen molar-refractivity contribution in [3.8, 4) is 0 Å². The van der Waals surface area contributed by atoms with E-state index in [1.54, 1.807) is 24.7 Å². The van der Waals surface area contributed by atoms with Crippen molar-refractivity contribution in [1.82, 2.24) is 34.7 Å². The molecule has 2 fully saturated rings. The molecule has 0 spiro atoms. The summed E-state index contributed by atoms with van der Waals surface area (Å²) in [6, 6.07) is 5.48. The Hall–Kier alpha value is -3.66. The van der Waals surface area contributed by atoms with E-state index in [4.69, 9.17) is 0 Å². The fourth-order valence-corrected chi connectivity index (χ4v) is 5.94. The third kappa shape index (κ3) is 4.09. The molecule has 1 amide bonds. The second-order valence-electron chi connectivity index (χ2n) is 11.1. The molecule has 192 valence electrons. The number of hydrogen-bond donors (Lipinski definition) is 2. The first-order chi connectivity index (χ1) is 17.8. The van der Waals surface area contributed by atoms with E-state index >= 15 is 0 Å². The summed E-state index contributed by atoms with van der Waals surface area (Å²) in [5, 5.41) is 19.1. The van der Waals surface area contributed by atoms with Gasteiger partial charge in [-0.3, -0.25) is 9.78 Å². The van der Waals surface area contributed by atoms with E-state index in [9.17, 15) is 9.18 Å². The number of hydrogen-bond acceptors (Lipinski definition) is 6. The number of carbonyl (C=O) groups excluding carboxylic acids is 1. The maximum atomic E-state index is 14.5. The molecule has 6 rings (SSSR count). The first-order valence-electron chi connectivity index (χ1n) is 12.8. The number of halogens is 1. The van der Waals surface area contributed by atoms with Crippen molar-refractivity contribution in [2.75, 3.05) is 5.32 Å². The van der Waals surface area contributed by atoms with Crippen LogP contribution in [0.25, 0.3) is 5.52 Å². The Kier molecular flexibility index (Phi) is 5.59. The molecular formula is C27H31FN8O. The van der Waals surface area contributed by atoms with Gasteiger partial charge in [-0.1, -0.05) is 6.92 Å². The maximum absolute atomic E-state index is 14.5. The first-order valence-corrected chi connectivity index (χ1v) is 12.8. The molecule has 9 nitrogen and oxygen atoms in total. The number of nitrogens with zero attached hydrogens (tertiary/aromatic N) is 6. The van der Waals surface area contributed by atoms with Gasteiger partial charge in [-0.05, 0) is 74.3 Å². The Morgan fingerprint density at radius 1 is 1.19 bits per heavy atom. The van der Waals surface area contributed by atoms with Gasteiger partial charge in [0.1, 0.15) is 23.4 Å². The third-order valence-corrected chi connectivity index (χ3v) is 8.12. The van der Waals surface area contributed by atoms with Crippen molar-refractivity contribution in [2.45, 2.75) is 63.5 Å². The number of aromatic nitrogens is 6. The van der Waals surface area contributed by atoms with Crippen molar-refractivity contribution in [1.29, 1.82) is 0 Å². The molecular weight excluding hydrogens is 471 g/mol. The van der Waals surface area contributed by atoms with Crippen molar-refractivity contribution >= 4 is 17.1 Å². The van der Waals surface area contributed by atoms with Crippen LogP contribution in [-0.4, -0.2) is 40.8 Å². The Bertz CT molecular complexity index is 1480. The van der Waals surface area contributed by atoms with Crippen molar-refractivity contribution in [3.05, 3.63) is 71.6 Å². The molecule has 0 aromatic carbocycles. The van der Waals surface area contributed by atoms with Crippen LogP contribution in [0.15, 0.2) is 43.1 Å². The number of nitrogens with one attached hydrogen (secondary N) is 2. The van der Waals surface area contributed by atoms with Crippen LogP contribution in [0.3, 0.4) is 0 Å². The van der Waals surface area contributed by atoms with Gasteiger partial charge in [0.15, 0.2) is 5.82 Å². The lowest BCUT2D eigenvalue weighted by Gasteiger charge is -2.45. The van der Waals surface area contributed by atoms with E-state index in [0.29, 0.717) is 18.2 Å². The van der Waals surface area contributed by atoms with Gasteiger partial charge in [-0.25, -0.2) is 8.91 Å². The molecule has 0 aliphatic heterocycles.